The summed E-state index contributed by atoms with van der Waals surface area (Å²) >= 11 is 0. The van der Waals surface area contributed by atoms with E-state index in [4.69, 9.17) is 0 Å². The molecule has 0 radical (unpaired) electrons. The van der Waals surface area contributed by atoms with Gasteiger partial charge in [0.05, 0.1) is 0 Å². The van der Waals surface area contributed by atoms with Crippen molar-refractivity contribution in [3.8, 4) is 11.1 Å². The number of rotatable bonds is 10. The molecular weight excluding hydrogens is 362 g/mol. The van der Waals surface area contributed by atoms with E-state index in [-0.39, 0.29) is 0 Å². The van der Waals surface area contributed by atoms with Gasteiger partial charge in [-0.25, -0.2) is 0 Å². The molecule has 0 atom stereocenters. The van der Waals surface area contributed by atoms with Gasteiger partial charge in [-0.2, -0.15) is 0 Å². The van der Waals surface area contributed by atoms with Gasteiger partial charge < -0.3 is 5.32 Å². The lowest BCUT2D eigenvalue weighted by Crippen LogP contribution is -2.14. The second kappa shape index (κ2) is 11.6. The predicted molar refractivity (Wildman–Crippen MR) is 134 cm³/mol. The van der Waals surface area contributed by atoms with Crippen molar-refractivity contribution < 1.29 is 0 Å². The highest BCUT2D eigenvalue weighted by Gasteiger charge is 2.23. The summed E-state index contributed by atoms with van der Waals surface area (Å²) in [5, 5.41) is 3.58. The first-order chi connectivity index (χ1) is 14.6. The van der Waals surface area contributed by atoms with Crippen LogP contribution in [0.15, 0.2) is 36.4 Å². The van der Waals surface area contributed by atoms with E-state index in [1.54, 1.807) is 5.56 Å². The van der Waals surface area contributed by atoms with E-state index in [9.17, 15) is 0 Å². The van der Waals surface area contributed by atoms with Crippen LogP contribution < -0.4 is 5.32 Å². The fraction of sp³-hybridized carbons (Fsp3) is 0.586. The number of anilines is 1. The average Bonchev–Trinajstić information content (AvgIpc) is 2.76. The van der Waals surface area contributed by atoms with Gasteiger partial charge in [-0.05, 0) is 97.7 Å². The summed E-state index contributed by atoms with van der Waals surface area (Å²) in [6, 6.07) is 14.1. The van der Waals surface area contributed by atoms with Crippen molar-refractivity contribution in [3.63, 3.8) is 0 Å². The molecule has 0 bridgehead atoms. The molecule has 2 aromatic carbocycles. The van der Waals surface area contributed by atoms with E-state index < -0.39 is 0 Å². The van der Waals surface area contributed by atoms with Gasteiger partial charge in [0.25, 0.3) is 0 Å². The minimum Gasteiger partial charge on any atom is -0.385 e. The number of benzene rings is 2. The molecule has 1 heteroatoms. The van der Waals surface area contributed by atoms with Gasteiger partial charge in [-0.1, -0.05) is 70.2 Å². The second-order valence-corrected chi connectivity index (χ2v) is 9.59. The molecule has 1 saturated carbocycles. The molecule has 1 aliphatic rings. The van der Waals surface area contributed by atoms with Crippen LogP contribution >= 0.6 is 0 Å². The number of unbranched alkanes of at least 4 members (excludes halogenated alkanes) is 3. The number of hydrogen-bond acceptors (Lipinski definition) is 1. The van der Waals surface area contributed by atoms with Crippen LogP contribution in [-0.2, 0) is 0 Å². The van der Waals surface area contributed by atoms with E-state index in [0.29, 0.717) is 0 Å². The zero-order valence-corrected chi connectivity index (χ0v) is 19.9. The first kappa shape index (κ1) is 22.9. The summed E-state index contributed by atoms with van der Waals surface area (Å²) in [6.07, 6.45) is 13.7. The normalized spacial score (nSPS) is 19.1. The van der Waals surface area contributed by atoms with E-state index in [1.807, 2.05) is 0 Å². The van der Waals surface area contributed by atoms with E-state index in [1.165, 1.54) is 92.1 Å². The van der Waals surface area contributed by atoms with Crippen molar-refractivity contribution >= 4 is 5.69 Å². The fourth-order valence-corrected chi connectivity index (χ4v) is 5.20. The van der Waals surface area contributed by atoms with Gasteiger partial charge in [0.15, 0.2) is 0 Å². The Morgan fingerprint density at radius 2 is 1.43 bits per heavy atom. The van der Waals surface area contributed by atoms with Crippen molar-refractivity contribution in [2.24, 2.45) is 5.92 Å². The molecule has 1 nitrogen and oxygen atoms in total. The highest BCUT2D eigenvalue weighted by Crippen LogP contribution is 2.39. The summed E-state index contributed by atoms with van der Waals surface area (Å²) in [4.78, 5) is 0. The molecule has 3 rings (SSSR count). The van der Waals surface area contributed by atoms with Crippen molar-refractivity contribution in [2.45, 2.75) is 97.8 Å². The maximum Gasteiger partial charge on any atom is 0.0370 e. The summed E-state index contributed by atoms with van der Waals surface area (Å²) in [5.74, 6) is 1.76. The summed E-state index contributed by atoms with van der Waals surface area (Å²) in [7, 11) is 0. The molecule has 0 amide bonds. The molecule has 1 aliphatic carbocycles. The average molecular weight is 406 g/mol. The Labute approximate surface area is 185 Å². The second-order valence-electron chi connectivity index (χ2n) is 9.59. The molecule has 2 aromatic rings. The standard InChI is InChI=1S/C29H43N/c1-5-7-9-10-24-11-13-25(14-12-24)28-17-15-26(20-22(28)3)27-16-18-29(23(4)21-27)30-19-8-6-2/h15-18,20-21,24-25,30H,5-14,19H2,1-4H3/t24-,25-. The topological polar surface area (TPSA) is 12.0 Å². The Kier molecular flexibility index (Phi) is 8.85. The zero-order chi connectivity index (χ0) is 21.3. The van der Waals surface area contributed by atoms with Crippen molar-refractivity contribution in [1.29, 1.82) is 0 Å². The molecule has 0 heterocycles. The predicted octanol–water partition coefficient (Wildman–Crippen LogP) is 9.04. The highest BCUT2D eigenvalue weighted by atomic mass is 14.9. The SMILES string of the molecule is CCCCC[C@H]1CC[C@H](c2ccc(-c3ccc(NCCCC)c(C)c3)cc2C)CC1. The monoisotopic (exact) mass is 405 g/mol. The Bertz CT molecular complexity index is 783. The molecule has 164 valence electrons. The van der Waals surface area contributed by atoms with Crippen LogP contribution in [0.3, 0.4) is 0 Å². The third-order valence-corrected chi connectivity index (χ3v) is 7.18. The van der Waals surface area contributed by atoms with Crippen LogP contribution in [-0.4, -0.2) is 6.54 Å². The number of aryl methyl sites for hydroxylation is 2. The largest absolute Gasteiger partial charge is 0.385 e. The molecule has 1 fully saturated rings. The van der Waals surface area contributed by atoms with Crippen LogP contribution in [0.5, 0.6) is 0 Å². The van der Waals surface area contributed by atoms with Gasteiger partial charge in [0.1, 0.15) is 0 Å². The molecule has 0 aromatic heterocycles. The molecule has 0 aliphatic heterocycles. The Balaban J connectivity index is 1.62. The summed E-state index contributed by atoms with van der Waals surface area (Å²) < 4.78 is 0. The molecule has 1 N–H and O–H groups in total. The van der Waals surface area contributed by atoms with Crippen LogP contribution in [0.4, 0.5) is 5.69 Å². The van der Waals surface area contributed by atoms with Gasteiger partial charge in [0.2, 0.25) is 0 Å². The lowest BCUT2D eigenvalue weighted by molar-refractivity contribution is 0.302. The first-order valence-electron chi connectivity index (χ1n) is 12.6. The highest BCUT2D eigenvalue weighted by molar-refractivity contribution is 5.69. The summed E-state index contributed by atoms with van der Waals surface area (Å²) in [6.45, 7) is 10.1. The third kappa shape index (κ3) is 6.13. The van der Waals surface area contributed by atoms with E-state index in [0.717, 1.165) is 18.4 Å². The molecule has 0 saturated heterocycles. The van der Waals surface area contributed by atoms with Gasteiger partial charge in [0, 0.05) is 12.2 Å². The minimum atomic E-state index is 0.772. The van der Waals surface area contributed by atoms with Gasteiger partial charge in [-0.3, -0.25) is 0 Å². The maximum absolute atomic E-state index is 3.58. The molecule has 30 heavy (non-hydrogen) atoms. The Morgan fingerprint density at radius 1 is 0.767 bits per heavy atom. The molecular formula is C29H43N. The van der Waals surface area contributed by atoms with Gasteiger partial charge in [-0.15, -0.1) is 0 Å². The van der Waals surface area contributed by atoms with Crippen LogP contribution in [0.2, 0.25) is 0 Å². The number of nitrogens with one attached hydrogen (secondary N) is 1. The van der Waals surface area contributed by atoms with Crippen molar-refractivity contribution in [2.75, 3.05) is 11.9 Å². The smallest absolute Gasteiger partial charge is 0.0370 e. The summed E-state index contributed by atoms with van der Waals surface area (Å²) in [5.41, 5.74) is 8.38. The van der Waals surface area contributed by atoms with E-state index in [2.05, 4.69) is 69.4 Å². The van der Waals surface area contributed by atoms with Crippen LogP contribution in [0, 0.1) is 19.8 Å². The quantitative estimate of drug-likeness (QED) is 0.389. The van der Waals surface area contributed by atoms with E-state index >= 15 is 0 Å². The van der Waals surface area contributed by atoms with Crippen molar-refractivity contribution in [1.82, 2.24) is 0 Å². The van der Waals surface area contributed by atoms with Gasteiger partial charge >= 0.3 is 0 Å². The lowest BCUT2D eigenvalue weighted by atomic mass is 9.76. The molecule has 0 unspecified atom stereocenters. The third-order valence-electron chi connectivity index (χ3n) is 7.18. The van der Waals surface area contributed by atoms with Crippen molar-refractivity contribution in [3.05, 3.63) is 53.1 Å². The Hall–Kier alpha value is -1.76. The molecule has 0 spiro atoms. The maximum atomic E-state index is 3.58. The fourth-order valence-electron chi connectivity index (χ4n) is 5.20. The number of hydrogen-bond donors (Lipinski definition) is 1. The Morgan fingerprint density at radius 3 is 2.07 bits per heavy atom. The minimum absolute atomic E-state index is 0.772. The first-order valence-corrected chi connectivity index (χ1v) is 12.6. The van der Waals surface area contributed by atoms with Crippen LogP contribution in [0.25, 0.3) is 11.1 Å². The van der Waals surface area contributed by atoms with Crippen LogP contribution in [0.1, 0.15) is 101 Å². The zero-order valence-electron chi connectivity index (χ0n) is 19.9. The lowest BCUT2D eigenvalue weighted by Gasteiger charge is -2.30.